The number of carbonyl (C=O) groups excluding carboxylic acids is 1. The summed E-state index contributed by atoms with van der Waals surface area (Å²) < 4.78 is 69.3. The van der Waals surface area contributed by atoms with Gasteiger partial charge in [-0.25, -0.2) is 4.79 Å². The molecule has 0 saturated carbocycles. The molecule has 0 aliphatic heterocycles. The molecule has 142 valence electrons. The highest BCUT2D eigenvalue weighted by Gasteiger charge is 2.62. The zero-order chi connectivity index (χ0) is 19.5. The minimum Gasteiger partial charge on any atom is -0.458 e. The second kappa shape index (κ2) is 7.27. The van der Waals surface area contributed by atoms with Gasteiger partial charge in [0, 0.05) is 0 Å². The number of halogens is 5. The number of aryl methyl sites for hydroxylation is 1. The molecule has 0 aliphatic carbocycles. The second-order valence-electron chi connectivity index (χ2n) is 6.90. The standard InChI is InChI=1S/C17H21F5O3/c1-14(2,3)25-13(23)15(24,11-16(18,19)17(20,21)22)10-9-12-7-5-4-6-8-12/h4-8,24H,9-11H2,1-3H3. The molecule has 1 aromatic rings. The Morgan fingerprint density at radius 2 is 1.56 bits per heavy atom. The first-order valence-corrected chi connectivity index (χ1v) is 7.61. The first-order chi connectivity index (χ1) is 11.2. The lowest BCUT2D eigenvalue weighted by molar-refractivity contribution is -0.297. The maximum Gasteiger partial charge on any atom is 0.453 e. The summed E-state index contributed by atoms with van der Waals surface area (Å²) in [5, 5.41) is 10.3. The Labute approximate surface area is 142 Å². The Balaban J connectivity index is 3.06. The van der Waals surface area contributed by atoms with Crippen LogP contribution >= 0.6 is 0 Å². The van der Waals surface area contributed by atoms with Crippen LogP contribution in [0.1, 0.15) is 39.2 Å². The molecule has 3 nitrogen and oxygen atoms in total. The van der Waals surface area contributed by atoms with Gasteiger partial charge in [-0.05, 0) is 39.2 Å². The normalized spacial score (nSPS) is 15.6. The van der Waals surface area contributed by atoms with Crippen LogP contribution in [0.4, 0.5) is 22.0 Å². The van der Waals surface area contributed by atoms with Crippen LogP contribution in [0.3, 0.4) is 0 Å². The Morgan fingerprint density at radius 3 is 2.00 bits per heavy atom. The van der Waals surface area contributed by atoms with Crippen LogP contribution < -0.4 is 0 Å². The van der Waals surface area contributed by atoms with Gasteiger partial charge < -0.3 is 9.84 Å². The Hall–Kier alpha value is -1.70. The maximum atomic E-state index is 13.5. The minimum absolute atomic E-state index is 0.0650. The Morgan fingerprint density at radius 1 is 1.04 bits per heavy atom. The van der Waals surface area contributed by atoms with Gasteiger partial charge in [0.2, 0.25) is 0 Å². The van der Waals surface area contributed by atoms with Crippen LogP contribution in [0, 0.1) is 0 Å². The van der Waals surface area contributed by atoms with Gasteiger partial charge >= 0.3 is 18.1 Å². The van der Waals surface area contributed by atoms with Crippen LogP contribution in [0.25, 0.3) is 0 Å². The molecule has 0 amide bonds. The average molecular weight is 368 g/mol. The van der Waals surface area contributed by atoms with Crippen molar-refractivity contribution in [2.75, 3.05) is 0 Å². The summed E-state index contributed by atoms with van der Waals surface area (Å²) in [6.07, 6.45) is -8.66. The molecule has 0 aliphatic rings. The van der Waals surface area contributed by atoms with Crippen LogP contribution in [0.5, 0.6) is 0 Å². The monoisotopic (exact) mass is 368 g/mol. The molecule has 1 aromatic carbocycles. The van der Waals surface area contributed by atoms with Crippen molar-refractivity contribution in [1.82, 2.24) is 0 Å². The van der Waals surface area contributed by atoms with E-state index in [1.807, 2.05) is 0 Å². The molecule has 0 radical (unpaired) electrons. The molecular weight excluding hydrogens is 347 g/mol. The van der Waals surface area contributed by atoms with Crippen LogP contribution in [-0.2, 0) is 16.0 Å². The van der Waals surface area contributed by atoms with Crippen molar-refractivity contribution >= 4 is 5.97 Å². The second-order valence-corrected chi connectivity index (χ2v) is 6.90. The van der Waals surface area contributed by atoms with Gasteiger partial charge in [0.1, 0.15) is 5.60 Å². The van der Waals surface area contributed by atoms with Gasteiger partial charge in [-0.2, -0.15) is 22.0 Å². The molecule has 0 bridgehead atoms. The summed E-state index contributed by atoms with van der Waals surface area (Å²) in [4.78, 5) is 12.1. The number of carbonyl (C=O) groups is 1. The number of alkyl halides is 5. The molecule has 0 aromatic heterocycles. The summed E-state index contributed by atoms with van der Waals surface area (Å²) >= 11 is 0. The summed E-state index contributed by atoms with van der Waals surface area (Å²) in [6.45, 7) is 4.26. The third-order valence-corrected chi connectivity index (χ3v) is 3.38. The van der Waals surface area contributed by atoms with Gasteiger partial charge in [0.05, 0.1) is 6.42 Å². The predicted molar refractivity (Wildman–Crippen MR) is 81.2 cm³/mol. The maximum absolute atomic E-state index is 13.5. The van der Waals surface area contributed by atoms with Crippen LogP contribution in [0.15, 0.2) is 30.3 Å². The highest BCUT2D eigenvalue weighted by atomic mass is 19.4. The third kappa shape index (κ3) is 6.26. The van der Waals surface area contributed by atoms with Gasteiger partial charge in [0.15, 0.2) is 5.60 Å². The van der Waals surface area contributed by atoms with Crippen molar-refractivity contribution in [3.8, 4) is 0 Å². The highest BCUT2D eigenvalue weighted by molar-refractivity contribution is 5.79. The first-order valence-electron chi connectivity index (χ1n) is 7.61. The lowest BCUT2D eigenvalue weighted by atomic mass is 9.88. The molecule has 0 heterocycles. The molecule has 0 fully saturated rings. The molecular formula is C17H21F5O3. The average Bonchev–Trinajstić information content (AvgIpc) is 2.43. The fraction of sp³-hybridized carbons (Fsp3) is 0.588. The molecule has 25 heavy (non-hydrogen) atoms. The van der Waals surface area contributed by atoms with E-state index in [4.69, 9.17) is 4.74 Å². The molecule has 0 saturated heterocycles. The fourth-order valence-corrected chi connectivity index (χ4v) is 2.10. The van der Waals surface area contributed by atoms with Crippen LogP contribution in [0.2, 0.25) is 0 Å². The summed E-state index contributed by atoms with van der Waals surface area (Å²) in [5.41, 5.74) is -3.53. The first kappa shape index (κ1) is 21.3. The van der Waals surface area contributed by atoms with Crippen molar-refractivity contribution in [2.45, 2.75) is 63.3 Å². The van der Waals surface area contributed by atoms with E-state index in [2.05, 4.69) is 0 Å². The van der Waals surface area contributed by atoms with Crippen molar-refractivity contribution in [3.05, 3.63) is 35.9 Å². The summed E-state index contributed by atoms with van der Waals surface area (Å²) in [6, 6.07) is 8.20. The lowest BCUT2D eigenvalue weighted by Gasteiger charge is -2.33. The zero-order valence-corrected chi connectivity index (χ0v) is 14.2. The third-order valence-electron chi connectivity index (χ3n) is 3.38. The molecule has 1 atom stereocenters. The molecule has 1 N–H and O–H groups in total. The highest BCUT2D eigenvalue weighted by Crippen LogP contribution is 2.42. The summed E-state index contributed by atoms with van der Waals surface area (Å²) in [7, 11) is 0. The van der Waals surface area contributed by atoms with E-state index in [9.17, 15) is 31.9 Å². The lowest BCUT2D eigenvalue weighted by Crippen LogP contribution is -2.51. The van der Waals surface area contributed by atoms with Gasteiger partial charge in [-0.15, -0.1) is 0 Å². The number of hydrogen-bond donors (Lipinski definition) is 1. The van der Waals surface area contributed by atoms with Crippen molar-refractivity contribution in [3.63, 3.8) is 0 Å². The number of esters is 1. The van der Waals surface area contributed by atoms with Crippen molar-refractivity contribution in [2.24, 2.45) is 0 Å². The number of ether oxygens (including phenoxy) is 1. The predicted octanol–water partition coefficient (Wildman–Crippen LogP) is 4.28. The Kier molecular flexibility index (Phi) is 6.21. The molecule has 8 heteroatoms. The van der Waals surface area contributed by atoms with Crippen molar-refractivity contribution in [1.29, 1.82) is 0 Å². The minimum atomic E-state index is -5.88. The number of hydrogen-bond acceptors (Lipinski definition) is 3. The van der Waals surface area contributed by atoms with Crippen LogP contribution in [-0.4, -0.2) is 34.4 Å². The smallest absolute Gasteiger partial charge is 0.453 e. The molecule has 1 rings (SSSR count). The molecule has 0 spiro atoms. The van der Waals surface area contributed by atoms with Gasteiger partial charge in [-0.3, -0.25) is 0 Å². The largest absolute Gasteiger partial charge is 0.458 e. The van der Waals surface area contributed by atoms with E-state index in [-0.39, 0.29) is 6.42 Å². The number of rotatable bonds is 6. The van der Waals surface area contributed by atoms with E-state index in [1.165, 1.54) is 20.8 Å². The summed E-state index contributed by atoms with van der Waals surface area (Å²) in [5.74, 6) is -6.73. The number of aliphatic hydroxyl groups is 1. The van der Waals surface area contributed by atoms with E-state index in [0.29, 0.717) is 5.56 Å². The zero-order valence-electron chi connectivity index (χ0n) is 14.2. The van der Waals surface area contributed by atoms with E-state index in [0.717, 1.165) is 0 Å². The Bertz CT molecular complexity index is 578. The van der Waals surface area contributed by atoms with Gasteiger partial charge in [0.25, 0.3) is 0 Å². The van der Waals surface area contributed by atoms with Crippen molar-refractivity contribution < 1.29 is 36.6 Å². The topological polar surface area (TPSA) is 46.5 Å². The van der Waals surface area contributed by atoms with E-state index >= 15 is 0 Å². The SMILES string of the molecule is CC(C)(C)OC(=O)C(O)(CCc1ccccc1)CC(F)(F)C(F)(F)F. The van der Waals surface area contributed by atoms with E-state index in [1.54, 1.807) is 30.3 Å². The molecule has 1 unspecified atom stereocenters. The fourth-order valence-electron chi connectivity index (χ4n) is 2.10. The van der Waals surface area contributed by atoms with E-state index < -0.39 is 42.1 Å². The quantitative estimate of drug-likeness (QED) is 0.602. The number of benzene rings is 1. The van der Waals surface area contributed by atoms with Gasteiger partial charge in [-0.1, -0.05) is 30.3 Å².